The minimum Gasteiger partial charge on any atom is -0.456 e. The van der Waals surface area contributed by atoms with Gasteiger partial charge in [0, 0.05) is 43.9 Å². The van der Waals surface area contributed by atoms with Crippen LogP contribution in [-0.2, 0) is 0 Å². The lowest BCUT2D eigenvalue weighted by atomic mass is 10.0. The largest absolute Gasteiger partial charge is 0.456 e. The molecule has 48 heavy (non-hydrogen) atoms. The van der Waals surface area contributed by atoms with Gasteiger partial charge in [-0.05, 0) is 53.2 Å². The summed E-state index contributed by atoms with van der Waals surface area (Å²) in [5.41, 5.74) is 9.99. The molecule has 4 heteroatoms. The van der Waals surface area contributed by atoms with Crippen LogP contribution in [0, 0.1) is 0 Å². The lowest BCUT2D eigenvalue weighted by Gasteiger charge is -2.12. The van der Waals surface area contributed by atoms with Crippen molar-refractivity contribution in [2.24, 2.45) is 0 Å². The number of nitrogens with zero attached hydrogens (tertiary/aromatic N) is 3. The molecule has 0 saturated heterocycles. The third-order valence-corrected chi connectivity index (χ3v) is 9.41. The van der Waals surface area contributed by atoms with Gasteiger partial charge in [0.05, 0.1) is 22.4 Å². The van der Waals surface area contributed by atoms with E-state index in [-0.39, 0.29) is 0 Å². The van der Waals surface area contributed by atoms with Crippen LogP contribution in [0.2, 0.25) is 0 Å². The lowest BCUT2D eigenvalue weighted by molar-refractivity contribution is 0.669. The molecule has 0 radical (unpaired) electrons. The van der Waals surface area contributed by atoms with Gasteiger partial charge >= 0.3 is 0 Å². The van der Waals surface area contributed by atoms with E-state index in [1.165, 1.54) is 21.5 Å². The predicted octanol–water partition coefficient (Wildman–Crippen LogP) is 11.6. The minimum atomic E-state index is 0.689. The van der Waals surface area contributed by atoms with E-state index in [9.17, 15) is 0 Å². The quantitative estimate of drug-likeness (QED) is 0.198. The van der Waals surface area contributed by atoms with Crippen LogP contribution < -0.4 is 0 Å². The number of hydrogen-bond donors (Lipinski definition) is 0. The van der Waals surface area contributed by atoms with E-state index in [0.717, 1.165) is 66.7 Å². The average molecular weight is 614 g/mol. The first kappa shape index (κ1) is 26.7. The Bertz CT molecular complexity index is 2840. The second-order valence-electron chi connectivity index (χ2n) is 12.2. The van der Waals surface area contributed by atoms with E-state index in [0.29, 0.717) is 5.82 Å². The minimum absolute atomic E-state index is 0.689. The zero-order valence-electron chi connectivity index (χ0n) is 25.8. The van der Waals surface area contributed by atoms with E-state index in [1.807, 2.05) is 18.2 Å². The van der Waals surface area contributed by atoms with Gasteiger partial charge < -0.3 is 8.98 Å². The zero-order valence-corrected chi connectivity index (χ0v) is 25.8. The van der Waals surface area contributed by atoms with Crippen molar-refractivity contribution in [1.82, 2.24) is 14.5 Å². The first-order chi connectivity index (χ1) is 23.8. The Balaban J connectivity index is 1.22. The van der Waals surface area contributed by atoms with Gasteiger partial charge in [-0.1, -0.05) is 121 Å². The van der Waals surface area contributed by atoms with Gasteiger partial charge in [-0.15, -0.1) is 0 Å². The van der Waals surface area contributed by atoms with Gasteiger partial charge in [0.15, 0.2) is 5.82 Å². The van der Waals surface area contributed by atoms with Gasteiger partial charge in [-0.3, -0.25) is 0 Å². The van der Waals surface area contributed by atoms with Crippen molar-refractivity contribution in [2.45, 2.75) is 0 Å². The topological polar surface area (TPSA) is 43.9 Å². The van der Waals surface area contributed by atoms with E-state index in [2.05, 4.69) is 150 Å². The summed E-state index contributed by atoms with van der Waals surface area (Å²) in [5.74, 6) is 0.689. The molecule has 10 aromatic rings. The first-order valence-electron chi connectivity index (χ1n) is 16.2. The molecule has 0 aliphatic heterocycles. The molecule has 4 nitrogen and oxygen atoms in total. The third-order valence-electron chi connectivity index (χ3n) is 9.41. The summed E-state index contributed by atoms with van der Waals surface area (Å²) in [5, 5.41) is 6.95. The fourth-order valence-electron chi connectivity index (χ4n) is 7.16. The maximum Gasteiger partial charge on any atom is 0.160 e. The van der Waals surface area contributed by atoms with Crippen LogP contribution in [0.25, 0.3) is 94.1 Å². The summed E-state index contributed by atoms with van der Waals surface area (Å²) in [6, 6.07) is 57.3. The maximum absolute atomic E-state index is 6.17. The molecule has 0 saturated carbocycles. The molecule has 0 bridgehead atoms. The Morgan fingerprint density at radius 3 is 2.04 bits per heavy atom. The summed E-state index contributed by atoms with van der Waals surface area (Å²) < 4.78 is 8.52. The van der Waals surface area contributed by atoms with Crippen LogP contribution in [0.3, 0.4) is 0 Å². The van der Waals surface area contributed by atoms with Crippen LogP contribution in [-0.4, -0.2) is 14.5 Å². The van der Waals surface area contributed by atoms with Gasteiger partial charge in [0.2, 0.25) is 0 Å². The van der Waals surface area contributed by atoms with Gasteiger partial charge in [0.25, 0.3) is 0 Å². The van der Waals surface area contributed by atoms with Crippen molar-refractivity contribution in [3.05, 3.63) is 164 Å². The fourth-order valence-corrected chi connectivity index (χ4v) is 7.16. The highest BCUT2D eigenvalue weighted by Gasteiger charge is 2.17. The van der Waals surface area contributed by atoms with Crippen molar-refractivity contribution in [2.75, 3.05) is 0 Å². The SMILES string of the molecule is c1ccc(-c2cc(-c3cccc4ccccc34)nc(-c3ccc4c5ccccc5n(-c5ccc6oc7ccccc7c6c5)c4c3)n2)cc1. The Labute approximate surface area is 276 Å². The van der Waals surface area contributed by atoms with Crippen molar-refractivity contribution in [1.29, 1.82) is 0 Å². The highest BCUT2D eigenvalue weighted by Crippen LogP contribution is 2.38. The van der Waals surface area contributed by atoms with Crippen molar-refractivity contribution in [3.63, 3.8) is 0 Å². The molecule has 0 fully saturated rings. The molecule has 0 aliphatic rings. The molecule has 10 rings (SSSR count). The molecular formula is C44H27N3O. The molecule has 7 aromatic carbocycles. The monoisotopic (exact) mass is 613 g/mol. The van der Waals surface area contributed by atoms with Crippen LogP contribution in [0.5, 0.6) is 0 Å². The standard InChI is InChI=1S/C44H27N3O/c1-2-12-29(13-3-1)38-27-39(33-18-10-14-28-11-4-5-15-32(28)33)46-44(45-38)30-21-23-35-34-16-6-8-19-40(34)47(41(35)25-30)31-22-24-43-37(26-31)36-17-7-9-20-42(36)48-43/h1-27H. The van der Waals surface area contributed by atoms with Crippen molar-refractivity contribution < 1.29 is 4.42 Å². The average Bonchev–Trinajstić information content (AvgIpc) is 3.69. The second kappa shape index (κ2) is 10.5. The van der Waals surface area contributed by atoms with E-state index < -0.39 is 0 Å². The number of para-hydroxylation sites is 2. The Morgan fingerprint density at radius 1 is 0.417 bits per heavy atom. The lowest BCUT2D eigenvalue weighted by Crippen LogP contribution is -1.97. The van der Waals surface area contributed by atoms with E-state index in [4.69, 9.17) is 14.4 Å². The molecule has 3 aromatic heterocycles. The van der Waals surface area contributed by atoms with Gasteiger partial charge in [-0.2, -0.15) is 0 Å². The van der Waals surface area contributed by atoms with Crippen LogP contribution in [0.4, 0.5) is 0 Å². The maximum atomic E-state index is 6.17. The molecule has 0 unspecified atom stereocenters. The smallest absolute Gasteiger partial charge is 0.160 e. The molecule has 0 spiro atoms. The van der Waals surface area contributed by atoms with Crippen LogP contribution in [0.1, 0.15) is 0 Å². The summed E-state index contributed by atoms with van der Waals surface area (Å²) in [4.78, 5) is 10.4. The molecule has 3 heterocycles. The van der Waals surface area contributed by atoms with Gasteiger partial charge in [0.1, 0.15) is 11.2 Å². The van der Waals surface area contributed by atoms with Gasteiger partial charge in [-0.25, -0.2) is 9.97 Å². The highest BCUT2D eigenvalue weighted by atomic mass is 16.3. The summed E-state index contributed by atoms with van der Waals surface area (Å²) in [6.45, 7) is 0. The summed E-state index contributed by atoms with van der Waals surface area (Å²) >= 11 is 0. The van der Waals surface area contributed by atoms with Crippen molar-refractivity contribution >= 4 is 54.5 Å². The number of furan rings is 1. The van der Waals surface area contributed by atoms with Crippen LogP contribution >= 0.6 is 0 Å². The molecule has 224 valence electrons. The number of hydrogen-bond acceptors (Lipinski definition) is 3. The molecule has 0 N–H and O–H groups in total. The van der Waals surface area contributed by atoms with E-state index in [1.54, 1.807) is 0 Å². The molecule has 0 amide bonds. The summed E-state index contributed by atoms with van der Waals surface area (Å²) in [6.07, 6.45) is 0. The van der Waals surface area contributed by atoms with Crippen molar-refractivity contribution in [3.8, 4) is 39.6 Å². The predicted molar refractivity (Wildman–Crippen MR) is 197 cm³/mol. The van der Waals surface area contributed by atoms with E-state index >= 15 is 0 Å². The molecule has 0 atom stereocenters. The summed E-state index contributed by atoms with van der Waals surface area (Å²) in [7, 11) is 0. The normalized spacial score (nSPS) is 11.8. The first-order valence-corrected chi connectivity index (χ1v) is 16.2. The third kappa shape index (κ3) is 4.16. The molecule has 0 aliphatic carbocycles. The number of benzene rings is 7. The second-order valence-corrected chi connectivity index (χ2v) is 12.2. The zero-order chi connectivity index (χ0) is 31.6. The Morgan fingerprint density at radius 2 is 1.12 bits per heavy atom. The number of aromatic nitrogens is 3. The number of fused-ring (bicyclic) bond motifs is 7. The van der Waals surface area contributed by atoms with Crippen LogP contribution in [0.15, 0.2) is 168 Å². The Hall–Kier alpha value is -6.52. The Kier molecular flexibility index (Phi) is 5.84. The number of rotatable bonds is 4. The highest BCUT2D eigenvalue weighted by molar-refractivity contribution is 6.11. The fraction of sp³-hybridized carbons (Fsp3) is 0. The molecular weight excluding hydrogens is 587 g/mol.